The van der Waals surface area contributed by atoms with Crippen molar-refractivity contribution in [1.29, 1.82) is 0 Å². The first kappa shape index (κ1) is 37.5. The fourth-order valence-corrected chi connectivity index (χ4v) is 7.27. The molecular weight excluding hydrogens is 711 g/mol. The van der Waals surface area contributed by atoms with Crippen LogP contribution in [0.3, 0.4) is 0 Å². The summed E-state index contributed by atoms with van der Waals surface area (Å²) in [5.74, 6) is -1.05. The number of carbonyl (C=O) groups is 2. The van der Waals surface area contributed by atoms with Crippen molar-refractivity contribution in [2.75, 3.05) is 10.6 Å². The number of benzene rings is 3. The first-order valence-electron chi connectivity index (χ1n) is 14.8. The van der Waals surface area contributed by atoms with Gasteiger partial charge in [0.1, 0.15) is 20.8 Å². The van der Waals surface area contributed by atoms with Crippen LogP contribution in [0, 0.1) is 0 Å². The lowest BCUT2D eigenvalue weighted by molar-refractivity contribution is -0.118. The number of amides is 2. The third-order valence-electron chi connectivity index (χ3n) is 7.67. The molecular formula is C34H34Cl2N4O7S2. The smallest absolute Gasteiger partial charge is 0.302 e. The van der Waals surface area contributed by atoms with Gasteiger partial charge in [0.2, 0.25) is 11.8 Å². The molecule has 0 atom stereocenters. The minimum Gasteiger partial charge on any atom is -0.423 e. The monoisotopic (exact) mass is 744 g/mol. The predicted octanol–water partition coefficient (Wildman–Crippen LogP) is 7.16. The number of para-hydroxylation sites is 2. The Bertz CT molecular complexity index is 2170. The van der Waals surface area contributed by atoms with Gasteiger partial charge in [-0.25, -0.2) is 21.8 Å². The summed E-state index contributed by atoms with van der Waals surface area (Å²) in [5.41, 5.74) is 2.06. The summed E-state index contributed by atoms with van der Waals surface area (Å²) in [6.45, 7) is 7.38. The Balaban J connectivity index is 0.000000221. The zero-order chi connectivity index (χ0) is 36.2. The average molecular weight is 746 g/mol. The molecule has 15 heteroatoms. The number of rotatable bonds is 9. The van der Waals surface area contributed by atoms with Gasteiger partial charge >= 0.3 is 6.01 Å². The molecule has 2 N–H and O–H groups in total. The van der Waals surface area contributed by atoms with E-state index in [1.165, 1.54) is 76.2 Å². The molecule has 0 unspecified atom stereocenters. The molecule has 11 nitrogen and oxygen atoms in total. The molecule has 0 fully saturated rings. The fourth-order valence-electron chi connectivity index (χ4n) is 4.26. The number of nitrogens with one attached hydrogen (secondary N) is 2. The number of nitrogens with zero attached hydrogens (tertiary/aromatic N) is 2. The van der Waals surface area contributed by atoms with Crippen LogP contribution in [-0.4, -0.2) is 48.1 Å². The highest BCUT2D eigenvalue weighted by molar-refractivity contribution is 7.94. The number of aryl methyl sites for hydroxylation is 1. The van der Waals surface area contributed by atoms with Gasteiger partial charge < -0.3 is 9.73 Å². The molecule has 0 saturated heterocycles. The van der Waals surface area contributed by atoms with Crippen molar-refractivity contribution < 1.29 is 30.8 Å². The summed E-state index contributed by atoms with van der Waals surface area (Å²) in [6, 6.07) is 21.9. The second-order valence-electron chi connectivity index (χ2n) is 11.7. The summed E-state index contributed by atoms with van der Waals surface area (Å²) in [6.07, 6.45) is 2.37. The van der Waals surface area contributed by atoms with Gasteiger partial charge in [0, 0.05) is 16.2 Å². The molecule has 49 heavy (non-hydrogen) atoms. The van der Waals surface area contributed by atoms with Crippen LogP contribution in [0.4, 0.5) is 11.8 Å². The van der Waals surface area contributed by atoms with Crippen molar-refractivity contribution in [3.63, 3.8) is 0 Å². The molecule has 258 valence electrons. The van der Waals surface area contributed by atoms with Crippen LogP contribution in [-0.2, 0) is 35.7 Å². The zero-order valence-corrected chi connectivity index (χ0v) is 30.3. The second-order valence-corrected chi connectivity index (χ2v) is 17.6. The topological polar surface area (TPSA) is 165 Å². The molecule has 0 aliphatic rings. The quantitative estimate of drug-likeness (QED) is 0.159. The molecule has 0 aliphatic heterocycles. The summed E-state index contributed by atoms with van der Waals surface area (Å²) in [4.78, 5) is 33.4. The number of sulfone groups is 2. The van der Waals surface area contributed by atoms with Crippen molar-refractivity contribution in [3.05, 3.63) is 107 Å². The molecule has 0 radical (unpaired) electrons. The number of anilines is 2. The summed E-state index contributed by atoms with van der Waals surface area (Å²) in [7, 11) is -7.83. The molecule has 2 aromatic heterocycles. The first-order chi connectivity index (χ1) is 22.9. The number of fused-ring (bicyclic) bond motifs is 1. The van der Waals surface area contributed by atoms with Gasteiger partial charge in [-0.15, -0.1) is 0 Å². The van der Waals surface area contributed by atoms with Crippen molar-refractivity contribution in [2.45, 2.75) is 60.3 Å². The number of aromatic nitrogens is 2. The van der Waals surface area contributed by atoms with E-state index < -0.39 is 41.0 Å². The van der Waals surface area contributed by atoms with Crippen LogP contribution in [0.25, 0.3) is 11.1 Å². The van der Waals surface area contributed by atoms with E-state index >= 15 is 0 Å². The molecule has 2 heterocycles. The molecule has 0 bridgehead atoms. The third kappa shape index (κ3) is 8.13. The minimum atomic E-state index is -3.94. The number of pyridine rings is 1. The molecule has 3 aromatic carbocycles. The highest BCUT2D eigenvalue weighted by Crippen LogP contribution is 2.30. The average Bonchev–Trinajstić information content (AvgIpc) is 3.47. The van der Waals surface area contributed by atoms with Crippen LogP contribution < -0.4 is 10.6 Å². The number of hydrogen-bond donors (Lipinski definition) is 2. The molecule has 0 spiro atoms. The lowest BCUT2D eigenvalue weighted by Gasteiger charge is -2.23. The number of oxazole rings is 1. The normalized spacial score (nSPS) is 12.1. The lowest BCUT2D eigenvalue weighted by Crippen LogP contribution is -2.44. The highest BCUT2D eigenvalue weighted by atomic mass is 35.5. The van der Waals surface area contributed by atoms with E-state index in [0.717, 1.165) is 12.0 Å². The van der Waals surface area contributed by atoms with Crippen LogP contribution in [0.1, 0.15) is 40.2 Å². The summed E-state index contributed by atoms with van der Waals surface area (Å²) >= 11 is 11.6. The molecule has 5 aromatic rings. The van der Waals surface area contributed by atoms with Gasteiger partial charge in [0.15, 0.2) is 25.3 Å². The van der Waals surface area contributed by atoms with Gasteiger partial charge in [-0.2, -0.15) is 4.98 Å². The predicted molar refractivity (Wildman–Crippen MR) is 190 cm³/mol. The maximum Gasteiger partial charge on any atom is 0.302 e. The van der Waals surface area contributed by atoms with Gasteiger partial charge in [-0.05, 0) is 112 Å². The zero-order valence-electron chi connectivity index (χ0n) is 27.2. The van der Waals surface area contributed by atoms with Gasteiger partial charge in [-0.1, -0.05) is 42.3 Å². The largest absolute Gasteiger partial charge is 0.423 e. The Morgan fingerprint density at radius 2 is 1.22 bits per heavy atom. The standard InChI is InChI=1S/C17H15ClN2O4S.C17H19ClN2O3S/c1-17(2,25(22,23)12-9-7-11(18)8-10-12)15(21)20-16-19-13-5-3-4-6-14(13)24-16;1-4-12-9-10-19-15(11-12)20-16(21)17(2,3)24(22,23)14-7-5-13(18)6-8-14/h3-10H,1-2H3,(H,19,20,21);5-11H,4H2,1-3H3,(H,19,20,21). The second kappa shape index (κ2) is 14.7. The SMILES string of the molecule is CC(C)(C(=O)Nc1nc2ccccc2o1)S(=O)(=O)c1ccc(Cl)cc1.CCc1ccnc(NC(=O)C(C)(C)S(=O)(=O)c2ccc(Cl)cc2)c1. The number of halogens is 2. The Hall–Kier alpha value is -4.30. The highest BCUT2D eigenvalue weighted by Gasteiger charge is 2.44. The van der Waals surface area contributed by atoms with Crippen molar-refractivity contribution >= 4 is 77.6 Å². The van der Waals surface area contributed by atoms with E-state index in [-0.39, 0.29) is 15.8 Å². The van der Waals surface area contributed by atoms with Crippen molar-refractivity contribution in [1.82, 2.24) is 9.97 Å². The van der Waals surface area contributed by atoms with Gasteiger partial charge in [0.05, 0.1) is 9.79 Å². The Morgan fingerprint density at radius 1 is 0.735 bits per heavy atom. The van der Waals surface area contributed by atoms with E-state index in [9.17, 15) is 26.4 Å². The third-order valence-corrected chi connectivity index (χ3v) is 13.0. The molecule has 5 rings (SSSR count). The van der Waals surface area contributed by atoms with Crippen LogP contribution in [0.2, 0.25) is 10.0 Å². The fraction of sp³-hybridized carbons (Fsp3) is 0.235. The maximum absolute atomic E-state index is 12.8. The lowest BCUT2D eigenvalue weighted by atomic mass is 10.2. The number of hydrogen-bond acceptors (Lipinski definition) is 9. The Labute approximate surface area is 294 Å². The summed E-state index contributed by atoms with van der Waals surface area (Å²) in [5, 5.41) is 5.86. The minimum absolute atomic E-state index is 0.00890. The van der Waals surface area contributed by atoms with E-state index in [0.29, 0.717) is 27.0 Å². The molecule has 0 saturated carbocycles. The van der Waals surface area contributed by atoms with E-state index in [1.807, 2.05) is 13.0 Å². The van der Waals surface area contributed by atoms with Crippen LogP contribution >= 0.6 is 23.2 Å². The van der Waals surface area contributed by atoms with Crippen molar-refractivity contribution in [3.8, 4) is 0 Å². The van der Waals surface area contributed by atoms with Crippen molar-refractivity contribution in [2.24, 2.45) is 0 Å². The Kier molecular flexibility index (Phi) is 11.2. The molecule has 2 amide bonds. The van der Waals surface area contributed by atoms with E-state index in [2.05, 4.69) is 20.6 Å². The van der Waals surface area contributed by atoms with Gasteiger partial charge in [-0.3, -0.25) is 14.9 Å². The van der Waals surface area contributed by atoms with E-state index in [1.54, 1.807) is 36.5 Å². The first-order valence-corrected chi connectivity index (χ1v) is 18.6. The number of carbonyl (C=O) groups excluding carboxylic acids is 2. The Morgan fingerprint density at radius 3 is 1.71 bits per heavy atom. The summed E-state index contributed by atoms with van der Waals surface area (Å²) < 4.78 is 53.2. The van der Waals surface area contributed by atoms with Gasteiger partial charge in [0.25, 0.3) is 0 Å². The maximum atomic E-state index is 12.8. The van der Waals surface area contributed by atoms with Crippen LogP contribution in [0.5, 0.6) is 0 Å². The van der Waals surface area contributed by atoms with Crippen LogP contribution in [0.15, 0.2) is 105 Å². The van der Waals surface area contributed by atoms with E-state index in [4.69, 9.17) is 27.6 Å². The molecule has 0 aliphatic carbocycles.